The summed E-state index contributed by atoms with van der Waals surface area (Å²) in [7, 11) is 0. The molecule has 3 heteroatoms. The van der Waals surface area contributed by atoms with Gasteiger partial charge in [-0.3, -0.25) is 0 Å². The van der Waals surface area contributed by atoms with Gasteiger partial charge in [-0.25, -0.2) is 0 Å². The molecule has 2 nitrogen and oxygen atoms in total. The van der Waals surface area contributed by atoms with E-state index in [1.165, 1.54) is 25.7 Å². The summed E-state index contributed by atoms with van der Waals surface area (Å²) in [5.41, 5.74) is 0.868. The summed E-state index contributed by atoms with van der Waals surface area (Å²) in [6.07, 6.45) is 6.88. The molecular weight excluding hydrogens is 286 g/mol. The molecule has 46 valence electrons. The Kier molecular flexibility index (Phi) is 2.59. The molecule has 0 atom stereocenters. The van der Waals surface area contributed by atoms with E-state index in [1.807, 2.05) is 16.6 Å². The molecule has 1 aromatic rings. The Morgan fingerprint density at radius 3 is 3.11 bits per heavy atom. The Bertz CT molecular complexity index is 203. The number of hydrogen-bond donors (Lipinski definition) is 0. The molecule has 0 bridgehead atoms. The van der Waals surface area contributed by atoms with Crippen molar-refractivity contribution in [2.45, 2.75) is 0 Å². The summed E-state index contributed by atoms with van der Waals surface area (Å²) >= 11 is 1.43. The van der Waals surface area contributed by atoms with Gasteiger partial charge in [-0.1, -0.05) is 0 Å². The number of oxazole rings is 1. The van der Waals surface area contributed by atoms with Crippen molar-refractivity contribution in [3.05, 3.63) is 24.4 Å². The van der Waals surface area contributed by atoms with Gasteiger partial charge in [0.25, 0.3) is 0 Å². The van der Waals surface area contributed by atoms with Crippen LogP contribution in [0.4, 0.5) is 0 Å². The van der Waals surface area contributed by atoms with E-state index in [2.05, 4.69) is 4.98 Å². The summed E-state index contributed by atoms with van der Waals surface area (Å²) < 4.78 is 6.76. The van der Waals surface area contributed by atoms with Crippen LogP contribution in [0.15, 0.2) is 23.1 Å². The summed E-state index contributed by atoms with van der Waals surface area (Å²) in [5, 5.41) is 0. The Labute approximate surface area is 64.0 Å². The van der Waals surface area contributed by atoms with E-state index in [-0.39, 0.29) is 0 Å². The van der Waals surface area contributed by atoms with Crippen molar-refractivity contribution < 1.29 is 23.8 Å². The van der Waals surface area contributed by atoms with Crippen LogP contribution < -0.4 is 0 Å². The maximum atomic E-state index is 4.74. The minimum absolute atomic E-state index is 0.868. The molecule has 0 spiro atoms. The Morgan fingerprint density at radius 1 is 1.67 bits per heavy atom. The molecule has 1 aromatic heterocycles. The van der Waals surface area contributed by atoms with E-state index in [4.69, 9.17) is 4.42 Å². The van der Waals surface area contributed by atoms with E-state index in [9.17, 15) is 0 Å². The second-order valence-electron chi connectivity index (χ2n) is 1.41. The van der Waals surface area contributed by atoms with Crippen LogP contribution in [0.3, 0.4) is 0 Å². The standard InChI is InChI=1S/C6H5NO.W/c1-2-3-6-4-8-5-7-6;/h1-5H;/b3-2-;. The van der Waals surface area contributed by atoms with Gasteiger partial charge in [0.2, 0.25) is 0 Å². The fourth-order valence-corrected chi connectivity index (χ4v) is 0.724. The van der Waals surface area contributed by atoms with Crippen LogP contribution in [0.25, 0.3) is 6.08 Å². The second-order valence-corrected chi connectivity index (χ2v) is 2.39. The Morgan fingerprint density at radius 2 is 2.56 bits per heavy atom. The molecule has 1 heterocycles. The fraction of sp³-hybridized carbons (Fsp3) is 0. The average molecular weight is 291 g/mol. The SMILES string of the molecule is [W]=[CH]/C=C\c1cocn1. The van der Waals surface area contributed by atoms with E-state index in [0.717, 1.165) is 5.69 Å². The normalized spacial score (nSPS) is 10.2. The summed E-state index contributed by atoms with van der Waals surface area (Å²) in [6.45, 7) is 0. The quantitative estimate of drug-likeness (QED) is 0.813. The number of aromatic nitrogens is 1. The zero-order valence-corrected chi connectivity index (χ0v) is 7.58. The topological polar surface area (TPSA) is 26.0 Å². The number of nitrogens with zero attached hydrogens (tertiary/aromatic N) is 1. The van der Waals surface area contributed by atoms with E-state index in [0.29, 0.717) is 0 Å². The van der Waals surface area contributed by atoms with E-state index in [1.54, 1.807) is 6.26 Å². The molecule has 0 aliphatic rings. The molecule has 1 rings (SSSR count). The van der Waals surface area contributed by atoms with Gasteiger partial charge in [-0.2, -0.15) is 0 Å². The first-order valence-corrected chi connectivity index (χ1v) is 4.13. The van der Waals surface area contributed by atoms with Gasteiger partial charge in [0, 0.05) is 0 Å². The van der Waals surface area contributed by atoms with Crippen molar-refractivity contribution in [2.24, 2.45) is 0 Å². The first-order valence-electron chi connectivity index (χ1n) is 2.43. The molecule has 0 saturated heterocycles. The predicted molar refractivity (Wildman–Crippen MR) is 31.6 cm³/mol. The van der Waals surface area contributed by atoms with Crippen LogP contribution in [0, 0.1) is 0 Å². The molecule has 0 radical (unpaired) electrons. The average Bonchev–Trinajstić information content (AvgIpc) is 2.34. The van der Waals surface area contributed by atoms with Crippen LogP contribution in [-0.2, 0) is 19.4 Å². The zero-order chi connectivity index (χ0) is 6.53. The van der Waals surface area contributed by atoms with Crippen LogP contribution >= 0.6 is 0 Å². The predicted octanol–water partition coefficient (Wildman–Crippen LogP) is 1.04. The fourth-order valence-electron chi connectivity index (χ4n) is 0.442. The van der Waals surface area contributed by atoms with E-state index < -0.39 is 0 Å². The summed E-state index contributed by atoms with van der Waals surface area (Å²) in [5.74, 6) is 0. The van der Waals surface area contributed by atoms with Crippen molar-refractivity contribution in [1.82, 2.24) is 4.98 Å². The van der Waals surface area contributed by atoms with Gasteiger partial charge in [-0.15, -0.1) is 0 Å². The monoisotopic (exact) mass is 291 g/mol. The minimum atomic E-state index is 0.868. The molecule has 0 aromatic carbocycles. The summed E-state index contributed by atoms with van der Waals surface area (Å²) in [4.78, 5) is 3.89. The van der Waals surface area contributed by atoms with Crippen LogP contribution in [0.5, 0.6) is 0 Å². The van der Waals surface area contributed by atoms with Gasteiger partial charge in [0.05, 0.1) is 0 Å². The van der Waals surface area contributed by atoms with Crippen molar-refractivity contribution >= 4 is 10.5 Å². The molecule has 0 aliphatic carbocycles. The number of hydrogen-bond acceptors (Lipinski definition) is 2. The molecular formula is C6H5NOW. The number of rotatable bonds is 2. The van der Waals surface area contributed by atoms with Crippen LogP contribution in [0.2, 0.25) is 0 Å². The molecule has 0 saturated carbocycles. The number of allylic oxidation sites excluding steroid dienone is 1. The molecule has 0 aliphatic heterocycles. The summed E-state index contributed by atoms with van der Waals surface area (Å²) in [6, 6.07) is 0. The first kappa shape index (κ1) is 6.63. The van der Waals surface area contributed by atoms with Crippen LogP contribution in [-0.4, -0.2) is 9.38 Å². The van der Waals surface area contributed by atoms with Gasteiger partial charge in [0.15, 0.2) is 0 Å². The first-order chi connectivity index (χ1) is 4.43. The van der Waals surface area contributed by atoms with Crippen molar-refractivity contribution in [1.29, 1.82) is 0 Å². The van der Waals surface area contributed by atoms with Crippen molar-refractivity contribution in [2.75, 3.05) is 0 Å². The van der Waals surface area contributed by atoms with E-state index >= 15 is 0 Å². The van der Waals surface area contributed by atoms with Gasteiger partial charge in [0.1, 0.15) is 0 Å². The van der Waals surface area contributed by atoms with Gasteiger partial charge >= 0.3 is 63.7 Å². The Hall–Kier alpha value is -0.492. The van der Waals surface area contributed by atoms with Gasteiger partial charge < -0.3 is 0 Å². The molecule has 9 heavy (non-hydrogen) atoms. The van der Waals surface area contributed by atoms with Crippen molar-refractivity contribution in [3.8, 4) is 0 Å². The Balaban J connectivity index is 2.67. The third kappa shape index (κ3) is 2.06. The molecule has 0 N–H and O–H groups in total. The third-order valence-corrected chi connectivity index (χ3v) is 1.36. The zero-order valence-electron chi connectivity index (χ0n) is 4.65. The van der Waals surface area contributed by atoms with Gasteiger partial charge in [-0.05, 0) is 0 Å². The van der Waals surface area contributed by atoms with Crippen molar-refractivity contribution in [3.63, 3.8) is 0 Å². The second kappa shape index (κ2) is 3.52. The molecule has 0 fully saturated rings. The van der Waals surface area contributed by atoms with Crippen LogP contribution in [0.1, 0.15) is 5.69 Å². The molecule has 0 amide bonds. The maximum absolute atomic E-state index is 4.74. The third-order valence-electron chi connectivity index (χ3n) is 0.797. The molecule has 0 unspecified atom stereocenters.